The van der Waals surface area contributed by atoms with Gasteiger partial charge in [-0.25, -0.2) is 0 Å². The van der Waals surface area contributed by atoms with Crippen LogP contribution < -0.4 is 0 Å². The standard InChI is InChI=1S/C22H29NO3/c1-5-25-20(26-6-2)17-22(21(24)23(3)4,18-13-9-7-10-14-18)19-15-11-8-12-16-19/h7-16,20H,5-6,17H2,1-4H3. The van der Waals surface area contributed by atoms with Gasteiger partial charge in [0, 0.05) is 33.7 Å². The molecule has 0 aliphatic heterocycles. The Hall–Kier alpha value is -2.17. The molecule has 4 nitrogen and oxygen atoms in total. The first-order valence-electron chi connectivity index (χ1n) is 9.12. The Morgan fingerprint density at radius 1 is 0.885 bits per heavy atom. The topological polar surface area (TPSA) is 38.8 Å². The fourth-order valence-corrected chi connectivity index (χ4v) is 3.35. The minimum atomic E-state index is -0.874. The van der Waals surface area contributed by atoms with Crippen molar-refractivity contribution in [1.29, 1.82) is 0 Å². The molecule has 140 valence electrons. The number of ether oxygens (including phenoxy) is 2. The molecule has 0 unspecified atom stereocenters. The summed E-state index contributed by atoms with van der Waals surface area (Å²) in [4.78, 5) is 15.2. The van der Waals surface area contributed by atoms with Crippen molar-refractivity contribution in [2.75, 3.05) is 27.3 Å². The molecule has 0 aromatic heterocycles. The van der Waals surface area contributed by atoms with Crippen molar-refractivity contribution in [2.45, 2.75) is 32.0 Å². The molecule has 0 spiro atoms. The van der Waals surface area contributed by atoms with E-state index in [-0.39, 0.29) is 5.91 Å². The van der Waals surface area contributed by atoms with Crippen molar-refractivity contribution in [3.63, 3.8) is 0 Å². The molecule has 0 saturated heterocycles. The molecule has 26 heavy (non-hydrogen) atoms. The second-order valence-corrected chi connectivity index (χ2v) is 6.38. The van der Waals surface area contributed by atoms with Crippen LogP contribution in [0.4, 0.5) is 0 Å². The van der Waals surface area contributed by atoms with Gasteiger partial charge in [-0.1, -0.05) is 60.7 Å². The van der Waals surface area contributed by atoms with E-state index >= 15 is 0 Å². The van der Waals surface area contributed by atoms with Crippen molar-refractivity contribution in [3.8, 4) is 0 Å². The third-order valence-electron chi connectivity index (χ3n) is 4.48. The molecule has 2 rings (SSSR count). The summed E-state index contributed by atoms with van der Waals surface area (Å²) in [7, 11) is 3.58. The Bertz CT molecular complexity index is 625. The number of carbonyl (C=O) groups is 1. The highest BCUT2D eigenvalue weighted by molar-refractivity contribution is 5.92. The number of benzene rings is 2. The van der Waals surface area contributed by atoms with Crippen molar-refractivity contribution < 1.29 is 14.3 Å². The predicted molar refractivity (Wildman–Crippen MR) is 104 cm³/mol. The number of carbonyl (C=O) groups excluding carboxylic acids is 1. The molecule has 0 heterocycles. The summed E-state index contributed by atoms with van der Waals surface area (Å²) in [6, 6.07) is 19.8. The Kier molecular flexibility index (Phi) is 7.37. The van der Waals surface area contributed by atoms with Crippen LogP contribution in [0.3, 0.4) is 0 Å². The average molecular weight is 355 g/mol. The Balaban J connectivity index is 2.66. The maximum atomic E-state index is 13.5. The van der Waals surface area contributed by atoms with E-state index in [1.165, 1.54) is 0 Å². The summed E-state index contributed by atoms with van der Waals surface area (Å²) >= 11 is 0. The first kappa shape index (κ1) is 20.1. The molecule has 0 bridgehead atoms. The van der Waals surface area contributed by atoms with Gasteiger partial charge in [-0.15, -0.1) is 0 Å². The zero-order chi connectivity index (χ0) is 19.0. The fourth-order valence-electron chi connectivity index (χ4n) is 3.35. The average Bonchev–Trinajstić information content (AvgIpc) is 2.67. The highest BCUT2D eigenvalue weighted by atomic mass is 16.7. The lowest BCUT2D eigenvalue weighted by atomic mass is 9.70. The molecule has 0 fully saturated rings. The Morgan fingerprint density at radius 3 is 1.65 bits per heavy atom. The molecule has 0 saturated carbocycles. The summed E-state index contributed by atoms with van der Waals surface area (Å²) in [5.41, 5.74) is 1.00. The van der Waals surface area contributed by atoms with Crippen LogP contribution >= 0.6 is 0 Å². The normalized spacial score (nSPS) is 11.6. The van der Waals surface area contributed by atoms with Crippen molar-refractivity contribution in [3.05, 3.63) is 71.8 Å². The summed E-state index contributed by atoms with van der Waals surface area (Å²) < 4.78 is 11.6. The number of amides is 1. The monoisotopic (exact) mass is 355 g/mol. The first-order valence-corrected chi connectivity index (χ1v) is 9.12. The van der Waals surface area contributed by atoms with Gasteiger partial charge < -0.3 is 14.4 Å². The van der Waals surface area contributed by atoms with Crippen LogP contribution in [0.2, 0.25) is 0 Å². The number of hydrogen-bond donors (Lipinski definition) is 0. The van der Waals surface area contributed by atoms with Gasteiger partial charge in [0.15, 0.2) is 6.29 Å². The Labute approximate surface area is 156 Å². The van der Waals surface area contributed by atoms with E-state index in [1.807, 2.05) is 74.5 Å². The summed E-state index contributed by atoms with van der Waals surface area (Å²) in [6.45, 7) is 4.93. The molecule has 4 heteroatoms. The third-order valence-corrected chi connectivity index (χ3v) is 4.48. The maximum Gasteiger partial charge on any atom is 0.237 e. The lowest BCUT2D eigenvalue weighted by Gasteiger charge is -2.38. The van der Waals surface area contributed by atoms with Crippen molar-refractivity contribution in [1.82, 2.24) is 4.90 Å². The van der Waals surface area contributed by atoms with Gasteiger partial charge in [-0.05, 0) is 25.0 Å². The quantitative estimate of drug-likeness (QED) is 0.641. The van der Waals surface area contributed by atoms with Gasteiger partial charge >= 0.3 is 0 Å². The number of nitrogens with zero attached hydrogens (tertiary/aromatic N) is 1. The minimum Gasteiger partial charge on any atom is -0.353 e. The first-order chi connectivity index (χ1) is 12.6. The molecule has 2 aromatic rings. The van der Waals surface area contributed by atoms with Crippen LogP contribution in [0, 0.1) is 0 Å². The van der Waals surface area contributed by atoms with Gasteiger partial charge in [-0.3, -0.25) is 4.79 Å². The van der Waals surface area contributed by atoms with Crippen LogP contribution in [-0.2, 0) is 19.7 Å². The maximum absolute atomic E-state index is 13.5. The van der Waals surface area contributed by atoms with E-state index in [0.717, 1.165) is 11.1 Å². The molecule has 0 atom stereocenters. The van der Waals surface area contributed by atoms with Gasteiger partial charge in [-0.2, -0.15) is 0 Å². The fraction of sp³-hybridized carbons (Fsp3) is 0.409. The molecule has 0 aliphatic carbocycles. The second-order valence-electron chi connectivity index (χ2n) is 6.38. The minimum absolute atomic E-state index is 0.0132. The summed E-state index contributed by atoms with van der Waals surface area (Å²) in [6.07, 6.45) is -0.0472. The lowest BCUT2D eigenvalue weighted by Crippen LogP contribution is -2.47. The zero-order valence-corrected chi connectivity index (χ0v) is 16.1. The SMILES string of the molecule is CCOC(CC(C(=O)N(C)C)(c1ccccc1)c1ccccc1)OCC. The molecule has 1 amide bonds. The molecule has 0 N–H and O–H groups in total. The zero-order valence-electron chi connectivity index (χ0n) is 16.1. The summed E-state index contributed by atoms with van der Waals surface area (Å²) in [5.74, 6) is 0.0132. The molecule has 0 radical (unpaired) electrons. The van der Waals surface area contributed by atoms with Crippen LogP contribution in [-0.4, -0.2) is 44.4 Å². The van der Waals surface area contributed by atoms with E-state index in [1.54, 1.807) is 19.0 Å². The lowest BCUT2D eigenvalue weighted by molar-refractivity contribution is -0.157. The van der Waals surface area contributed by atoms with Crippen molar-refractivity contribution in [2.24, 2.45) is 0 Å². The van der Waals surface area contributed by atoms with E-state index < -0.39 is 11.7 Å². The van der Waals surface area contributed by atoms with Gasteiger partial charge in [0.25, 0.3) is 0 Å². The second kappa shape index (κ2) is 9.51. The largest absolute Gasteiger partial charge is 0.353 e. The molecular weight excluding hydrogens is 326 g/mol. The van der Waals surface area contributed by atoms with Gasteiger partial charge in [0.1, 0.15) is 5.41 Å². The molecule has 0 aliphatic rings. The third kappa shape index (κ3) is 4.32. The van der Waals surface area contributed by atoms with Gasteiger partial charge in [0.05, 0.1) is 0 Å². The number of rotatable bonds is 9. The van der Waals surface area contributed by atoms with E-state index in [4.69, 9.17) is 9.47 Å². The summed E-state index contributed by atoms with van der Waals surface area (Å²) in [5, 5.41) is 0. The van der Waals surface area contributed by atoms with E-state index in [9.17, 15) is 4.79 Å². The van der Waals surface area contributed by atoms with Crippen LogP contribution in [0.25, 0.3) is 0 Å². The number of hydrogen-bond acceptors (Lipinski definition) is 3. The van der Waals surface area contributed by atoms with Crippen molar-refractivity contribution >= 4 is 5.91 Å². The van der Waals surface area contributed by atoms with Crippen LogP contribution in [0.15, 0.2) is 60.7 Å². The van der Waals surface area contributed by atoms with Gasteiger partial charge in [0.2, 0.25) is 5.91 Å². The van der Waals surface area contributed by atoms with E-state index in [2.05, 4.69) is 0 Å². The highest BCUT2D eigenvalue weighted by Gasteiger charge is 2.45. The predicted octanol–water partition coefficient (Wildman–Crippen LogP) is 3.85. The highest BCUT2D eigenvalue weighted by Crippen LogP contribution is 2.39. The number of likely N-dealkylation sites (N-methyl/N-ethyl adjacent to an activating group) is 1. The smallest absolute Gasteiger partial charge is 0.237 e. The van der Waals surface area contributed by atoms with Crippen LogP contribution in [0.5, 0.6) is 0 Å². The van der Waals surface area contributed by atoms with Crippen LogP contribution in [0.1, 0.15) is 31.4 Å². The molecular formula is C22H29NO3. The molecule has 2 aromatic carbocycles. The van der Waals surface area contributed by atoms with E-state index in [0.29, 0.717) is 19.6 Å². The Morgan fingerprint density at radius 2 is 1.31 bits per heavy atom.